The smallest absolute Gasteiger partial charge is 0.236 e. The molecule has 1 heterocycles. The molecule has 3 heteroatoms. The minimum Gasteiger partial charge on any atom is -0.358 e. The molecule has 0 radical (unpaired) electrons. The van der Waals surface area contributed by atoms with Gasteiger partial charge in [0.2, 0.25) is 5.91 Å². The Labute approximate surface area is 92.2 Å². The van der Waals surface area contributed by atoms with Crippen LogP contribution in [0.15, 0.2) is 0 Å². The van der Waals surface area contributed by atoms with Crippen molar-refractivity contribution in [2.75, 3.05) is 20.1 Å². The molecular formula is C12H22N2O. The van der Waals surface area contributed by atoms with Crippen LogP contribution in [0.2, 0.25) is 0 Å². The quantitative estimate of drug-likeness (QED) is 0.740. The predicted molar refractivity (Wildman–Crippen MR) is 60.5 cm³/mol. The summed E-state index contributed by atoms with van der Waals surface area (Å²) in [5.74, 6) is 2.76. The van der Waals surface area contributed by atoms with E-state index in [4.69, 9.17) is 0 Å². The number of amides is 1. The summed E-state index contributed by atoms with van der Waals surface area (Å²) in [5, 5.41) is 2.74. The predicted octanol–water partition coefficient (Wildman–Crippen LogP) is 1.10. The van der Waals surface area contributed by atoms with Crippen LogP contribution in [0.3, 0.4) is 0 Å². The van der Waals surface area contributed by atoms with Crippen molar-refractivity contribution in [3.63, 3.8) is 0 Å². The Morgan fingerprint density at radius 1 is 1.33 bits per heavy atom. The Hall–Kier alpha value is -0.570. The van der Waals surface area contributed by atoms with Crippen LogP contribution in [0.1, 0.15) is 26.7 Å². The summed E-state index contributed by atoms with van der Waals surface area (Å²) in [5.41, 5.74) is 0. The molecular weight excluding hydrogens is 188 g/mol. The average Bonchev–Trinajstić information content (AvgIpc) is 2.72. The third kappa shape index (κ3) is 2.03. The van der Waals surface area contributed by atoms with Crippen molar-refractivity contribution in [1.82, 2.24) is 10.2 Å². The van der Waals surface area contributed by atoms with E-state index in [2.05, 4.69) is 17.1 Å². The van der Waals surface area contributed by atoms with Crippen molar-refractivity contribution >= 4 is 5.91 Å². The summed E-state index contributed by atoms with van der Waals surface area (Å²) in [6.45, 7) is 6.63. The van der Waals surface area contributed by atoms with Crippen LogP contribution in [-0.4, -0.2) is 37.0 Å². The van der Waals surface area contributed by atoms with Gasteiger partial charge in [0.25, 0.3) is 0 Å². The van der Waals surface area contributed by atoms with E-state index in [0.717, 1.165) is 30.8 Å². The molecule has 15 heavy (non-hydrogen) atoms. The number of carbonyl (C=O) groups excluding carboxylic acids is 1. The molecule has 0 aromatic heterocycles. The number of likely N-dealkylation sites (tertiary alicyclic amines) is 1. The van der Waals surface area contributed by atoms with Gasteiger partial charge in [-0.1, -0.05) is 6.92 Å². The largest absolute Gasteiger partial charge is 0.358 e. The van der Waals surface area contributed by atoms with Crippen LogP contribution in [0.4, 0.5) is 0 Å². The van der Waals surface area contributed by atoms with Crippen LogP contribution >= 0.6 is 0 Å². The fourth-order valence-corrected chi connectivity index (χ4v) is 3.33. The summed E-state index contributed by atoms with van der Waals surface area (Å²) < 4.78 is 0. The highest BCUT2D eigenvalue weighted by molar-refractivity contribution is 5.81. The molecule has 1 saturated heterocycles. The molecule has 86 valence electrons. The summed E-state index contributed by atoms with van der Waals surface area (Å²) in [6, 6.07) is 0.0518. The highest BCUT2D eigenvalue weighted by atomic mass is 16.2. The molecule has 1 N–H and O–H groups in total. The van der Waals surface area contributed by atoms with Crippen LogP contribution < -0.4 is 5.32 Å². The Kier molecular flexibility index (Phi) is 3.01. The normalized spacial score (nSPS) is 37.7. The van der Waals surface area contributed by atoms with E-state index in [9.17, 15) is 4.79 Å². The second-order valence-electron chi connectivity index (χ2n) is 5.34. The van der Waals surface area contributed by atoms with Gasteiger partial charge in [0, 0.05) is 20.1 Å². The SMILES string of the molecule is CNC(=O)C(C)N1CC2CC(C)CC2C1. The van der Waals surface area contributed by atoms with Gasteiger partial charge < -0.3 is 5.32 Å². The van der Waals surface area contributed by atoms with Crippen LogP contribution in [0.5, 0.6) is 0 Å². The first-order valence-electron chi connectivity index (χ1n) is 6.07. The zero-order chi connectivity index (χ0) is 11.0. The first kappa shape index (κ1) is 10.9. The van der Waals surface area contributed by atoms with E-state index < -0.39 is 0 Å². The highest BCUT2D eigenvalue weighted by Crippen LogP contribution is 2.41. The van der Waals surface area contributed by atoms with E-state index in [1.54, 1.807) is 7.05 Å². The van der Waals surface area contributed by atoms with E-state index >= 15 is 0 Å². The first-order valence-corrected chi connectivity index (χ1v) is 6.07. The van der Waals surface area contributed by atoms with Crippen molar-refractivity contribution in [3.8, 4) is 0 Å². The third-order valence-corrected chi connectivity index (χ3v) is 4.19. The zero-order valence-electron chi connectivity index (χ0n) is 9.99. The van der Waals surface area contributed by atoms with Gasteiger partial charge in [0.1, 0.15) is 0 Å². The monoisotopic (exact) mass is 210 g/mol. The minimum absolute atomic E-state index is 0.0518. The van der Waals surface area contributed by atoms with Gasteiger partial charge in [-0.25, -0.2) is 0 Å². The molecule has 1 aliphatic heterocycles. The standard InChI is InChI=1S/C12H22N2O/c1-8-4-10-6-14(7-11(10)5-8)9(2)12(15)13-3/h8-11H,4-7H2,1-3H3,(H,13,15). The molecule has 1 aliphatic carbocycles. The van der Waals surface area contributed by atoms with Gasteiger partial charge in [-0.2, -0.15) is 0 Å². The number of rotatable bonds is 2. The molecule has 3 atom stereocenters. The van der Waals surface area contributed by atoms with E-state index in [1.807, 2.05) is 6.92 Å². The number of hydrogen-bond donors (Lipinski definition) is 1. The summed E-state index contributed by atoms with van der Waals surface area (Å²) in [6.07, 6.45) is 2.73. The molecule has 2 rings (SSSR count). The maximum Gasteiger partial charge on any atom is 0.236 e. The maximum absolute atomic E-state index is 11.5. The van der Waals surface area contributed by atoms with Gasteiger partial charge in [0.05, 0.1) is 6.04 Å². The summed E-state index contributed by atoms with van der Waals surface area (Å²) >= 11 is 0. The van der Waals surface area contributed by atoms with Gasteiger partial charge >= 0.3 is 0 Å². The first-order chi connectivity index (χ1) is 7.11. The molecule has 1 amide bonds. The molecule has 3 nitrogen and oxygen atoms in total. The lowest BCUT2D eigenvalue weighted by atomic mass is 10.0. The molecule has 2 aliphatic rings. The van der Waals surface area contributed by atoms with E-state index in [1.165, 1.54) is 12.8 Å². The molecule has 0 bridgehead atoms. The van der Waals surface area contributed by atoms with Crippen molar-refractivity contribution in [1.29, 1.82) is 0 Å². The fraction of sp³-hybridized carbons (Fsp3) is 0.917. The Morgan fingerprint density at radius 2 is 1.87 bits per heavy atom. The summed E-state index contributed by atoms with van der Waals surface area (Å²) in [7, 11) is 1.72. The maximum atomic E-state index is 11.5. The fourth-order valence-electron chi connectivity index (χ4n) is 3.33. The average molecular weight is 210 g/mol. The Morgan fingerprint density at radius 3 is 2.33 bits per heavy atom. The Bertz CT molecular complexity index is 240. The number of likely N-dealkylation sites (N-methyl/N-ethyl adjacent to an activating group) is 1. The zero-order valence-corrected chi connectivity index (χ0v) is 9.99. The second-order valence-corrected chi connectivity index (χ2v) is 5.34. The second kappa shape index (κ2) is 4.12. The van der Waals surface area contributed by atoms with Gasteiger partial charge in [-0.3, -0.25) is 9.69 Å². The molecule has 2 fully saturated rings. The number of carbonyl (C=O) groups is 1. The molecule has 1 saturated carbocycles. The highest BCUT2D eigenvalue weighted by Gasteiger charge is 2.41. The number of hydrogen-bond acceptors (Lipinski definition) is 2. The summed E-state index contributed by atoms with van der Waals surface area (Å²) in [4.78, 5) is 13.9. The van der Waals surface area contributed by atoms with Crippen LogP contribution in [-0.2, 0) is 4.79 Å². The van der Waals surface area contributed by atoms with Crippen LogP contribution in [0.25, 0.3) is 0 Å². The topological polar surface area (TPSA) is 32.3 Å². The van der Waals surface area contributed by atoms with Crippen LogP contribution in [0, 0.1) is 17.8 Å². The van der Waals surface area contributed by atoms with Gasteiger partial charge in [-0.05, 0) is 37.5 Å². The number of nitrogens with one attached hydrogen (secondary N) is 1. The lowest BCUT2D eigenvalue weighted by Gasteiger charge is -2.23. The molecule has 0 spiro atoms. The van der Waals surface area contributed by atoms with Gasteiger partial charge in [0.15, 0.2) is 0 Å². The minimum atomic E-state index is 0.0518. The Balaban J connectivity index is 1.91. The van der Waals surface area contributed by atoms with Crippen molar-refractivity contribution in [3.05, 3.63) is 0 Å². The number of nitrogens with zero attached hydrogens (tertiary/aromatic N) is 1. The van der Waals surface area contributed by atoms with E-state index in [0.29, 0.717) is 0 Å². The molecule has 0 aromatic carbocycles. The molecule has 0 aromatic rings. The van der Waals surface area contributed by atoms with Gasteiger partial charge in [-0.15, -0.1) is 0 Å². The van der Waals surface area contributed by atoms with Crippen molar-refractivity contribution in [2.24, 2.45) is 17.8 Å². The molecule has 3 unspecified atom stereocenters. The lowest BCUT2D eigenvalue weighted by molar-refractivity contribution is -0.125. The van der Waals surface area contributed by atoms with E-state index in [-0.39, 0.29) is 11.9 Å². The third-order valence-electron chi connectivity index (χ3n) is 4.19. The number of fused-ring (bicyclic) bond motifs is 1. The lowest BCUT2D eigenvalue weighted by Crippen LogP contribution is -2.43. The van der Waals surface area contributed by atoms with Crippen molar-refractivity contribution < 1.29 is 4.79 Å². The van der Waals surface area contributed by atoms with Crippen molar-refractivity contribution in [2.45, 2.75) is 32.7 Å².